The molecule has 26 heavy (non-hydrogen) atoms. The number of ether oxygens (including phenoxy) is 3. The van der Waals surface area contributed by atoms with Gasteiger partial charge in [-0.25, -0.2) is 13.2 Å². The van der Waals surface area contributed by atoms with Gasteiger partial charge in [-0.15, -0.1) is 0 Å². The molecule has 0 saturated heterocycles. The fourth-order valence-corrected chi connectivity index (χ4v) is 3.63. The average molecular weight is 400 g/mol. The van der Waals surface area contributed by atoms with Gasteiger partial charge in [0.1, 0.15) is 0 Å². The summed E-state index contributed by atoms with van der Waals surface area (Å²) in [4.78, 5) is 12.2. The largest absolute Gasteiger partial charge is 0.493 e. The molecular weight excluding hydrogens is 382 g/mol. The molecule has 9 heteroatoms. The molecule has 0 aliphatic heterocycles. The third kappa shape index (κ3) is 3.71. The van der Waals surface area contributed by atoms with Gasteiger partial charge in [-0.2, -0.15) is 0 Å². The Morgan fingerprint density at radius 1 is 1.00 bits per heavy atom. The molecule has 0 aliphatic carbocycles. The number of sulfonamides is 1. The molecule has 0 aliphatic rings. The second-order valence-corrected chi connectivity index (χ2v) is 7.55. The van der Waals surface area contributed by atoms with Crippen molar-refractivity contribution in [1.29, 1.82) is 0 Å². The van der Waals surface area contributed by atoms with E-state index in [-0.39, 0.29) is 27.6 Å². The first kappa shape index (κ1) is 19.9. The molecule has 0 unspecified atom stereocenters. The molecule has 0 radical (unpaired) electrons. The fraction of sp³-hybridized carbons (Fsp3) is 0.235. The summed E-state index contributed by atoms with van der Waals surface area (Å²) in [7, 11) is 1.41. The van der Waals surface area contributed by atoms with Gasteiger partial charge in [-0.1, -0.05) is 11.6 Å². The number of hydrogen-bond donors (Lipinski definition) is 0. The van der Waals surface area contributed by atoms with E-state index in [4.69, 9.17) is 25.8 Å². The molecule has 0 bridgehead atoms. The van der Waals surface area contributed by atoms with E-state index < -0.39 is 16.0 Å². The van der Waals surface area contributed by atoms with Crippen molar-refractivity contribution in [2.75, 3.05) is 32.7 Å². The van der Waals surface area contributed by atoms with Crippen LogP contribution in [0.1, 0.15) is 10.4 Å². The van der Waals surface area contributed by atoms with Crippen LogP contribution in [0.25, 0.3) is 0 Å². The molecule has 7 nitrogen and oxygen atoms in total. The van der Waals surface area contributed by atoms with Crippen LogP contribution in [-0.2, 0) is 14.8 Å². The highest BCUT2D eigenvalue weighted by atomic mass is 35.5. The third-order valence-electron chi connectivity index (χ3n) is 3.72. The quantitative estimate of drug-likeness (QED) is 0.694. The van der Waals surface area contributed by atoms with Crippen molar-refractivity contribution in [3.63, 3.8) is 0 Å². The van der Waals surface area contributed by atoms with Crippen LogP contribution < -0.4 is 13.8 Å². The second kappa shape index (κ2) is 7.84. The highest BCUT2D eigenvalue weighted by molar-refractivity contribution is 7.92. The van der Waals surface area contributed by atoms with Crippen LogP contribution in [0.5, 0.6) is 11.5 Å². The minimum atomic E-state index is -3.95. The first-order chi connectivity index (χ1) is 12.3. The lowest BCUT2D eigenvalue weighted by Crippen LogP contribution is -2.28. The smallest absolute Gasteiger partial charge is 0.340 e. The van der Waals surface area contributed by atoms with E-state index >= 15 is 0 Å². The summed E-state index contributed by atoms with van der Waals surface area (Å²) in [6.45, 7) is 0. The maximum absolute atomic E-state index is 12.9. The number of anilines is 1. The van der Waals surface area contributed by atoms with E-state index in [2.05, 4.69) is 0 Å². The SMILES string of the molecule is COC(=O)c1cc(OC)c(OC)cc1N(C)S(=O)(=O)c1ccc(Cl)cc1. The van der Waals surface area contributed by atoms with Gasteiger partial charge in [-0.3, -0.25) is 4.31 Å². The van der Waals surface area contributed by atoms with Crippen molar-refractivity contribution in [2.45, 2.75) is 4.90 Å². The number of nitrogens with zero attached hydrogens (tertiary/aromatic N) is 1. The Balaban J connectivity index is 2.64. The zero-order chi connectivity index (χ0) is 19.5. The molecule has 2 rings (SSSR count). The maximum Gasteiger partial charge on any atom is 0.340 e. The van der Waals surface area contributed by atoms with Crippen molar-refractivity contribution in [3.05, 3.63) is 47.0 Å². The molecule has 0 atom stereocenters. The van der Waals surface area contributed by atoms with Crippen molar-refractivity contribution in [3.8, 4) is 11.5 Å². The lowest BCUT2D eigenvalue weighted by Gasteiger charge is -2.23. The minimum Gasteiger partial charge on any atom is -0.493 e. The monoisotopic (exact) mass is 399 g/mol. The summed E-state index contributed by atoms with van der Waals surface area (Å²) in [5, 5.41) is 0.410. The van der Waals surface area contributed by atoms with E-state index in [1.807, 2.05) is 0 Å². The van der Waals surface area contributed by atoms with Gasteiger partial charge in [0.05, 0.1) is 37.5 Å². The summed E-state index contributed by atoms with van der Waals surface area (Å²) in [6, 6.07) is 8.47. The van der Waals surface area contributed by atoms with Gasteiger partial charge in [0.25, 0.3) is 10.0 Å². The van der Waals surface area contributed by atoms with E-state index in [1.165, 1.54) is 64.8 Å². The first-order valence-electron chi connectivity index (χ1n) is 7.35. The Kier molecular flexibility index (Phi) is 5.99. The Morgan fingerprint density at radius 2 is 1.54 bits per heavy atom. The number of halogens is 1. The fourth-order valence-electron chi connectivity index (χ4n) is 2.30. The van der Waals surface area contributed by atoms with E-state index in [0.717, 1.165) is 4.31 Å². The maximum atomic E-state index is 12.9. The molecule has 0 heterocycles. The summed E-state index contributed by atoms with van der Waals surface area (Å²) in [5.41, 5.74) is 0.106. The van der Waals surface area contributed by atoms with Crippen LogP contribution in [-0.4, -0.2) is 42.8 Å². The van der Waals surface area contributed by atoms with Crippen LogP contribution in [0.15, 0.2) is 41.3 Å². The number of carbonyl (C=O) groups is 1. The number of rotatable bonds is 6. The lowest BCUT2D eigenvalue weighted by molar-refractivity contribution is 0.0601. The van der Waals surface area contributed by atoms with Gasteiger partial charge >= 0.3 is 5.97 Å². The van der Waals surface area contributed by atoms with Crippen LogP contribution in [0.3, 0.4) is 0 Å². The molecule has 0 spiro atoms. The van der Waals surface area contributed by atoms with Crippen LogP contribution in [0.4, 0.5) is 5.69 Å². The average Bonchev–Trinajstić information content (AvgIpc) is 2.65. The Hall–Kier alpha value is -2.45. The van der Waals surface area contributed by atoms with Crippen molar-refractivity contribution >= 4 is 33.3 Å². The minimum absolute atomic E-state index is 0.0187. The summed E-state index contributed by atoms with van der Waals surface area (Å²) in [6.07, 6.45) is 0. The number of methoxy groups -OCH3 is 3. The van der Waals surface area contributed by atoms with Crippen LogP contribution in [0, 0.1) is 0 Å². The zero-order valence-electron chi connectivity index (χ0n) is 14.6. The number of esters is 1. The molecule has 2 aromatic rings. The lowest BCUT2D eigenvalue weighted by atomic mass is 10.1. The van der Waals surface area contributed by atoms with E-state index in [0.29, 0.717) is 5.02 Å². The summed E-state index contributed by atoms with van der Waals surface area (Å²) < 4.78 is 42.0. The number of hydrogen-bond acceptors (Lipinski definition) is 6. The molecule has 0 N–H and O–H groups in total. The molecular formula is C17H18ClNO6S. The van der Waals surface area contributed by atoms with Crippen molar-refractivity contribution in [2.24, 2.45) is 0 Å². The second-order valence-electron chi connectivity index (χ2n) is 5.14. The standard InChI is InChI=1S/C17H18ClNO6S/c1-19(26(21,22)12-7-5-11(18)6-8-12)14-10-16(24-3)15(23-2)9-13(14)17(20)25-4/h5-10H,1-4H3. The Morgan fingerprint density at radius 3 is 2.04 bits per heavy atom. The Bertz CT molecular complexity index is 912. The molecule has 2 aromatic carbocycles. The first-order valence-corrected chi connectivity index (χ1v) is 9.17. The van der Waals surface area contributed by atoms with Gasteiger partial charge in [0, 0.05) is 24.2 Å². The predicted molar refractivity (Wildman–Crippen MR) is 97.9 cm³/mol. The highest BCUT2D eigenvalue weighted by Gasteiger charge is 2.27. The van der Waals surface area contributed by atoms with Crippen molar-refractivity contribution < 1.29 is 27.4 Å². The molecule has 0 fully saturated rings. The van der Waals surface area contributed by atoms with Gasteiger partial charge in [0.15, 0.2) is 11.5 Å². The topological polar surface area (TPSA) is 82.1 Å². The Labute approximate surface area is 157 Å². The third-order valence-corrected chi connectivity index (χ3v) is 5.76. The van der Waals surface area contributed by atoms with E-state index in [9.17, 15) is 13.2 Å². The molecule has 140 valence electrons. The van der Waals surface area contributed by atoms with Gasteiger partial charge in [0.2, 0.25) is 0 Å². The predicted octanol–water partition coefficient (Wildman–Crippen LogP) is 2.97. The summed E-state index contributed by atoms with van der Waals surface area (Å²) >= 11 is 5.82. The molecule has 0 saturated carbocycles. The zero-order valence-corrected chi connectivity index (χ0v) is 16.2. The molecule has 0 amide bonds. The molecule has 0 aromatic heterocycles. The summed E-state index contributed by atoms with van der Waals surface area (Å²) in [5.74, 6) is -0.165. The van der Waals surface area contributed by atoms with Crippen molar-refractivity contribution in [1.82, 2.24) is 0 Å². The van der Waals surface area contributed by atoms with Gasteiger partial charge < -0.3 is 14.2 Å². The number of carbonyl (C=O) groups excluding carboxylic acids is 1. The van der Waals surface area contributed by atoms with Crippen LogP contribution in [0.2, 0.25) is 5.02 Å². The van der Waals surface area contributed by atoms with Crippen LogP contribution >= 0.6 is 11.6 Å². The highest BCUT2D eigenvalue weighted by Crippen LogP contribution is 2.37. The normalized spacial score (nSPS) is 11.0. The van der Waals surface area contributed by atoms with E-state index in [1.54, 1.807) is 0 Å². The number of benzene rings is 2. The van der Waals surface area contributed by atoms with Gasteiger partial charge in [-0.05, 0) is 24.3 Å².